The molecule has 0 radical (unpaired) electrons. The fraction of sp³-hybridized carbons (Fsp3) is 0.296. The number of hydrogen-bond donors (Lipinski definition) is 0. The predicted molar refractivity (Wildman–Crippen MR) is 134 cm³/mol. The van der Waals surface area contributed by atoms with E-state index in [1.807, 2.05) is 0 Å². The first-order valence-electron chi connectivity index (χ1n) is 12.1. The van der Waals surface area contributed by atoms with Gasteiger partial charge in [0.15, 0.2) is 23.5 Å². The van der Waals surface area contributed by atoms with Gasteiger partial charge >= 0.3 is 6.09 Å². The number of nitrogens with zero attached hydrogens (tertiary/aromatic N) is 5. The Labute approximate surface area is 217 Å². The number of fused-ring (bicyclic) bond motifs is 3. The number of pyridine rings is 2. The summed E-state index contributed by atoms with van der Waals surface area (Å²) in [6, 6.07) is 8.09. The number of carbonyl (C=O) groups is 2. The monoisotopic (exact) mass is 517 g/mol. The highest BCUT2D eigenvalue weighted by Crippen LogP contribution is 2.44. The molecule has 0 unspecified atom stereocenters. The summed E-state index contributed by atoms with van der Waals surface area (Å²) in [4.78, 5) is 30.9. The lowest BCUT2D eigenvalue weighted by molar-refractivity contribution is 0.0574. The highest BCUT2D eigenvalue weighted by molar-refractivity contribution is 5.94. The molecular weight excluding hydrogens is 493 g/mol. The van der Waals surface area contributed by atoms with Gasteiger partial charge in [0.2, 0.25) is 0 Å². The van der Waals surface area contributed by atoms with Gasteiger partial charge in [-0.2, -0.15) is 0 Å². The minimum Gasteiger partial charge on any atom is -0.493 e. The molecule has 4 aromatic rings. The molecule has 1 amide bonds. The van der Waals surface area contributed by atoms with Crippen molar-refractivity contribution in [3.05, 3.63) is 65.5 Å². The zero-order valence-corrected chi connectivity index (χ0v) is 21.0. The Bertz CT molecular complexity index is 1600. The molecule has 10 nitrogen and oxygen atoms in total. The van der Waals surface area contributed by atoms with E-state index in [2.05, 4.69) is 15.2 Å². The highest BCUT2D eigenvalue weighted by atomic mass is 19.1. The average Bonchev–Trinajstić information content (AvgIpc) is 3.53. The lowest BCUT2D eigenvalue weighted by Gasteiger charge is -2.29. The molecule has 0 N–H and O–H groups in total. The van der Waals surface area contributed by atoms with Crippen molar-refractivity contribution in [2.24, 2.45) is 0 Å². The zero-order valence-electron chi connectivity index (χ0n) is 21.0. The van der Waals surface area contributed by atoms with Crippen molar-refractivity contribution < 1.29 is 28.2 Å². The zero-order chi connectivity index (χ0) is 26.6. The fourth-order valence-corrected chi connectivity index (χ4v) is 4.91. The summed E-state index contributed by atoms with van der Waals surface area (Å²) in [5.41, 5.74) is 1.81. The largest absolute Gasteiger partial charge is 0.493 e. The maximum absolute atomic E-state index is 15.3. The van der Waals surface area contributed by atoms with E-state index >= 15 is 4.39 Å². The van der Waals surface area contributed by atoms with Crippen molar-refractivity contribution >= 4 is 23.8 Å². The average molecular weight is 518 g/mol. The van der Waals surface area contributed by atoms with Gasteiger partial charge in [-0.05, 0) is 45.0 Å². The van der Waals surface area contributed by atoms with Crippen LogP contribution in [0.1, 0.15) is 48.3 Å². The molecule has 0 fully saturated rings. The van der Waals surface area contributed by atoms with Gasteiger partial charge in [0.05, 0.1) is 25.7 Å². The van der Waals surface area contributed by atoms with Gasteiger partial charge < -0.3 is 14.2 Å². The molecule has 194 valence electrons. The first kappa shape index (κ1) is 23.8. The van der Waals surface area contributed by atoms with E-state index in [4.69, 9.17) is 14.2 Å². The number of halogens is 1. The van der Waals surface area contributed by atoms with E-state index in [-0.39, 0.29) is 30.6 Å². The van der Waals surface area contributed by atoms with Crippen molar-refractivity contribution in [3.8, 4) is 22.6 Å². The molecule has 0 bridgehead atoms. The quantitative estimate of drug-likeness (QED) is 0.356. The molecule has 0 saturated carbocycles. The Hall–Kier alpha value is -4.54. The van der Waals surface area contributed by atoms with Gasteiger partial charge in [-0.1, -0.05) is 6.07 Å². The molecule has 5 heterocycles. The molecule has 1 aromatic carbocycles. The SMILES string of the molecule is CC(C)(C)OC(=O)N1Cc2c(F)ccc3c2[C@H](CO3)COc2cc(-c3cccnc3C=O)c3nncn3c21. The summed E-state index contributed by atoms with van der Waals surface area (Å²) in [6.07, 6.45) is 2.92. The topological polar surface area (TPSA) is 108 Å². The van der Waals surface area contributed by atoms with Crippen molar-refractivity contribution in [2.75, 3.05) is 18.1 Å². The summed E-state index contributed by atoms with van der Waals surface area (Å²) >= 11 is 0. The number of aldehydes is 1. The number of aromatic nitrogens is 4. The minimum atomic E-state index is -0.819. The number of benzene rings is 1. The van der Waals surface area contributed by atoms with Crippen LogP contribution in [-0.4, -0.2) is 50.8 Å². The van der Waals surface area contributed by atoms with E-state index in [0.29, 0.717) is 52.3 Å². The van der Waals surface area contributed by atoms with Crippen LogP contribution >= 0.6 is 0 Å². The van der Waals surface area contributed by atoms with E-state index in [9.17, 15) is 9.59 Å². The predicted octanol–water partition coefficient (Wildman–Crippen LogP) is 4.55. The van der Waals surface area contributed by atoms with Crippen LogP contribution in [0.4, 0.5) is 15.0 Å². The van der Waals surface area contributed by atoms with Gasteiger partial charge in [0.1, 0.15) is 29.2 Å². The maximum atomic E-state index is 15.3. The maximum Gasteiger partial charge on any atom is 0.416 e. The fourth-order valence-electron chi connectivity index (χ4n) is 4.91. The van der Waals surface area contributed by atoms with Crippen LogP contribution in [0.2, 0.25) is 0 Å². The second-order valence-corrected chi connectivity index (χ2v) is 10.1. The molecule has 6 rings (SSSR count). The molecular formula is C27H24FN5O5. The molecule has 0 saturated heterocycles. The second-order valence-electron chi connectivity index (χ2n) is 10.1. The summed E-state index contributed by atoms with van der Waals surface area (Å²) in [5.74, 6) is 0.425. The van der Waals surface area contributed by atoms with Crippen molar-refractivity contribution in [1.29, 1.82) is 0 Å². The summed E-state index contributed by atoms with van der Waals surface area (Å²) in [5, 5.41) is 8.34. The second kappa shape index (κ2) is 8.79. The number of anilines is 1. The van der Waals surface area contributed by atoms with Crippen molar-refractivity contribution in [3.63, 3.8) is 0 Å². The third-order valence-corrected chi connectivity index (χ3v) is 6.49. The van der Waals surface area contributed by atoms with Crippen LogP contribution in [0, 0.1) is 5.82 Å². The van der Waals surface area contributed by atoms with Gasteiger partial charge in [-0.25, -0.2) is 9.18 Å². The molecule has 0 aliphatic carbocycles. The van der Waals surface area contributed by atoms with Crippen LogP contribution in [0.5, 0.6) is 11.5 Å². The lowest BCUT2D eigenvalue weighted by Crippen LogP contribution is -2.38. The number of ether oxygens (including phenoxy) is 3. The lowest BCUT2D eigenvalue weighted by atomic mass is 9.95. The smallest absolute Gasteiger partial charge is 0.416 e. The standard InChI is InChI=1S/C27H24FN5O5/c1-27(2,3)38-26(35)32-10-18-19(28)6-7-21-23(18)15(12-36-21)13-37-22-9-17(16-5-4-8-29-20(16)11-34)24-31-30-14-33(24)25(22)32/h4-9,11,14-15H,10,12-13H2,1-3H3/t15-/m1/s1. The highest BCUT2D eigenvalue weighted by Gasteiger charge is 2.37. The Morgan fingerprint density at radius 3 is 2.71 bits per heavy atom. The Morgan fingerprint density at radius 2 is 1.95 bits per heavy atom. The van der Waals surface area contributed by atoms with Gasteiger partial charge in [-0.15, -0.1) is 10.2 Å². The van der Waals surface area contributed by atoms with E-state index in [1.165, 1.54) is 23.5 Å². The van der Waals surface area contributed by atoms with Crippen molar-refractivity contribution in [1.82, 2.24) is 19.6 Å². The van der Waals surface area contributed by atoms with Crippen LogP contribution in [0.3, 0.4) is 0 Å². The summed E-state index contributed by atoms with van der Waals surface area (Å²) in [6.45, 7) is 5.60. The number of hydrogen-bond acceptors (Lipinski definition) is 8. The first-order chi connectivity index (χ1) is 18.2. The third kappa shape index (κ3) is 3.90. The summed E-state index contributed by atoms with van der Waals surface area (Å²) < 4.78 is 34.8. The van der Waals surface area contributed by atoms with Crippen LogP contribution in [-0.2, 0) is 11.3 Å². The molecule has 38 heavy (non-hydrogen) atoms. The molecule has 3 aromatic heterocycles. The van der Waals surface area contributed by atoms with Gasteiger partial charge in [-0.3, -0.25) is 19.1 Å². The Kier molecular flexibility index (Phi) is 5.51. The Morgan fingerprint density at radius 1 is 1.16 bits per heavy atom. The van der Waals surface area contributed by atoms with Gasteiger partial charge in [0, 0.05) is 28.5 Å². The molecule has 2 aliphatic heterocycles. The van der Waals surface area contributed by atoms with E-state index in [1.54, 1.807) is 49.4 Å². The van der Waals surface area contributed by atoms with Crippen LogP contribution in [0.15, 0.2) is 42.9 Å². The van der Waals surface area contributed by atoms with Crippen LogP contribution in [0.25, 0.3) is 16.8 Å². The van der Waals surface area contributed by atoms with Gasteiger partial charge in [0.25, 0.3) is 0 Å². The number of carbonyl (C=O) groups excluding carboxylic acids is 2. The third-order valence-electron chi connectivity index (χ3n) is 6.49. The minimum absolute atomic E-state index is 0.140. The molecule has 2 aliphatic rings. The summed E-state index contributed by atoms with van der Waals surface area (Å²) in [7, 11) is 0. The van der Waals surface area contributed by atoms with E-state index in [0.717, 1.165) is 0 Å². The van der Waals surface area contributed by atoms with E-state index < -0.39 is 17.5 Å². The first-order valence-corrected chi connectivity index (χ1v) is 12.1. The number of amides is 1. The normalized spacial score (nSPS) is 16.4. The number of rotatable bonds is 2. The Balaban J connectivity index is 1.61. The molecule has 0 spiro atoms. The molecule has 1 atom stereocenters. The van der Waals surface area contributed by atoms with Crippen LogP contribution < -0.4 is 14.4 Å². The van der Waals surface area contributed by atoms with Crippen molar-refractivity contribution in [2.45, 2.75) is 38.8 Å². The molecule has 11 heteroatoms.